The maximum absolute atomic E-state index is 3.64. The van der Waals surface area contributed by atoms with Crippen molar-refractivity contribution in [2.24, 2.45) is 0 Å². The Hall–Kier alpha value is 2.00. The van der Waals surface area contributed by atoms with E-state index in [0.717, 1.165) is 12.8 Å². The monoisotopic (exact) mass is 116 g/mol. The van der Waals surface area contributed by atoms with Gasteiger partial charge in [-0.2, -0.15) is 12.8 Å². The van der Waals surface area contributed by atoms with E-state index >= 15 is 0 Å². The third kappa shape index (κ3) is 18.0. The Labute approximate surface area is 91.0 Å². The molecule has 7 heavy (non-hydrogen) atoms. The minimum atomic E-state index is 0. The van der Waals surface area contributed by atoms with E-state index in [2.05, 4.69) is 13.8 Å². The van der Waals surface area contributed by atoms with Crippen molar-refractivity contribution >= 4 is 0 Å². The van der Waals surface area contributed by atoms with Gasteiger partial charge in [0.15, 0.2) is 0 Å². The van der Waals surface area contributed by atoms with E-state index in [1.807, 2.05) is 0 Å². The van der Waals surface area contributed by atoms with Crippen LogP contribution in [0, 0.1) is 13.8 Å². The molecule has 0 atom stereocenters. The fourth-order valence-electron chi connectivity index (χ4n) is 0.177. The van der Waals surface area contributed by atoms with E-state index < -0.39 is 0 Å². The van der Waals surface area contributed by atoms with Crippen molar-refractivity contribution < 1.29 is 59.1 Å². The number of unbranched alkanes of at least 4 members (excludes halogenated alkanes) is 2. The number of hydrogen-bond acceptors (Lipinski definition) is 0. The molecule has 0 aliphatic carbocycles. The van der Waals surface area contributed by atoms with Crippen LogP contribution < -0.4 is 59.1 Å². The minimum absolute atomic E-state index is 0. The first-order valence-electron chi connectivity index (χ1n) is 2.00. The molecule has 0 unspecified atom stereocenters. The first-order valence-corrected chi connectivity index (χ1v) is 2.00. The van der Waals surface area contributed by atoms with Gasteiger partial charge in [-0.1, -0.05) is 0 Å². The molecule has 0 aliphatic rings. The molecule has 0 aliphatic heterocycles. The van der Waals surface area contributed by atoms with Crippen molar-refractivity contribution in [3.05, 3.63) is 13.8 Å². The molecule has 0 fully saturated rings. The maximum Gasteiger partial charge on any atom is 1.00 e. The molecule has 2 heteroatoms. The van der Waals surface area contributed by atoms with Crippen LogP contribution in [-0.4, -0.2) is 0 Å². The molecule has 0 aromatic carbocycles. The van der Waals surface area contributed by atoms with Gasteiger partial charge in [0.2, 0.25) is 0 Å². The summed E-state index contributed by atoms with van der Waals surface area (Å²) in [5, 5.41) is 0. The first kappa shape index (κ1) is 16.0. The molecule has 0 saturated heterocycles. The van der Waals surface area contributed by atoms with E-state index in [9.17, 15) is 0 Å². The van der Waals surface area contributed by atoms with Crippen LogP contribution in [0.1, 0.15) is 19.3 Å². The van der Waals surface area contributed by atoms with Gasteiger partial charge in [0.1, 0.15) is 0 Å². The topological polar surface area (TPSA) is 0 Å². The van der Waals surface area contributed by atoms with Gasteiger partial charge >= 0.3 is 59.1 Å². The van der Waals surface area contributed by atoms with Crippen molar-refractivity contribution in [2.45, 2.75) is 19.3 Å². The second-order valence-electron chi connectivity index (χ2n) is 1.06. The van der Waals surface area contributed by atoms with Gasteiger partial charge in [-0.25, -0.2) is 0 Å². The fraction of sp³-hybridized carbons (Fsp3) is 0.600. The van der Waals surface area contributed by atoms with Crippen LogP contribution >= 0.6 is 0 Å². The molecule has 0 N–H and O–H groups in total. The summed E-state index contributed by atoms with van der Waals surface area (Å²) >= 11 is 0. The molecule has 0 radical (unpaired) electrons. The summed E-state index contributed by atoms with van der Waals surface area (Å²) in [7, 11) is 0. The van der Waals surface area contributed by atoms with Crippen molar-refractivity contribution in [3.63, 3.8) is 0 Å². The van der Waals surface area contributed by atoms with E-state index in [0.29, 0.717) is 0 Å². The second kappa shape index (κ2) is 15.7. The summed E-state index contributed by atoms with van der Waals surface area (Å²) in [4.78, 5) is 0. The Morgan fingerprint density at radius 2 is 1.14 bits per heavy atom. The second-order valence-corrected chi connectivity index (χ2v) is 1.06. The van der Waals surface area contributed by atoms with Gasteiger partial charge in [-0.05, 0) is 0 Å². The number of hydrogen-bond donors (Lipinski definition) is 0. The zero-order valence-electron chi connectivity index (χ0n) is 5.54. The van der Waals surface area contributed by atoms with E-state index in [1.54, 1.807) is 0 Å². The van der Waals surface area contributed by atoms with Gasteiger partial charge in [0, 0.05) is 0 Å². The Bertz CT molecular complexity index is 13.6. The van der Waals surface area contributed by atoms with Crippen molar-refractivity contribution in [3.8, 4) is 0 Å². The van der Waals surface area contributed by atoms with E-state index in [1.165, 1.54) is 6.42 Å². The average molecular weight is 116 g/mol. The zero-order valence-corrected chi connectivity index (χ0v) is 9.54. The summed E-state index contributed by atoms with van der Waals surface area (Å²) < 4.78 is 0. The van der Waals surface area contributed by atoms with Gasteiger partial charge in [0.25, 0.3) is 0 Å². The summed E-state index contributed by atoms with van der Waals surface area (Å²) in [6.45, 7) is 7.27. The normalized spacial score (nSPS) is 6.00. The largest absolute Gasteiger partial charge is 1.00 e. The van der Waals surface area contributed by atoms with Crippen molar-refractivity contribution in [2.75, 3.05) is 0 Å². The van der Waals surface area contributed by atoms with Crippen LogP contribution in [0.3, 0.4) is 0 Å². The summed E-state index contributed by atoms with van der Waals surface area (Å²) in [6, 6.07) is 0. The molecular formula is C5H10Na2. The average Bonchev–Trinajstić information content (AvgIpc) is 1.41. The Morgan fingerprint density at radius 1 is 0.857 bits per heavy atom. The number of rotatable bonds is 2. The quantitative estimate of drug-likeness (QED) is 0.254. The molecule has 0 spiro atoms. The Morgan fingerprint density at radius 3 is 1.14 bits per heavy atom. The van der Waals surface area contributed by atoms with E-state index in [4.69, 9.17) is 0 Å². The summed E-state index contributed by atoms with van der Waals surface area (Å²) in [5.41, 5.74) is 0. The predicted octanol–water partition coefficient (Wildman–Crippen LogP) is -4.17. The van der Waals surface area contributed by atoms with E-state index in [-0.39, 0.29) is 59.1 Å². The summed E-state index contributed by atoms with van der Waals surface area (Å²) in [5.74, 6) is 0. The van der Waals surface area contributed by atoms with Crippen LogP contribution in [0.2, 0.25) is 0 Å². The summed E-state index contributed by atoms with van der Waals surface area (Å²) in [6.07, 6.45) is 3.23. The van der Waals surface area contributed by atoms with Gasteiger partial charge in [-0.15, -0.1) is 6.42 Å². The van der Waals surface area contributed by atoms with Crippen LogP contribution in [0.25, 0.3) is 0 Å². The van der Waals surface area contributed by atoms with Gasteiger partial charge < -0.3 is 13.8 Å². The molecule has 0 amide bonds. The van der Waals surface area contributed by atoms with Crippen molar-refractivity contribution in [1.82, 2.24) is 0 Å². The molecule has 0 aromatic heterocycles. The smallest absolute Gasteiger partial charge is 0.343 e. The third-order valence-corrected chi connectivity index (χ3v) is 0.500. The standard InChI is InChI=1S/C5H10.2Na/c1-3-5-4-2;;/h1-5H2;;/q-2;2*+1. The molecule has 0 aromatic rings. The Kier molecular flexibility index (Phi) is 35.8. The fourth-order valence-corrected chi connectivity index (χ4v) is 0.177. The molecule has 0 heterocycles. The molecule has 0 bridgehead atoms. The van der Waals surface area contributed by atoms with Gasteiger partial charge in [-0.3, -0.25) is 0 Å². The maximum atomic E-state index is 3.64. The zero-order chi connectivity index (χ0) is 4.12. The van der Waals surface area contributed by atoms with Crippen molar-refractivity contribution in [1.29, 1.82) is 0 Å². The first-order chi connectivity index (χ1) is 2.41. The molecule has 0 nitrogen and oxygen atoms in total. The predicted molar refractivity (Wildman–Crippen MR) is 24.6 cm³/mol. The third-order valence-electron chi connectivity index (χ3n) is 0.500. The molecule has 0 rings (SSSR count). The van der Waals surface area contributed by atoms with Gasteiger partial charge in [0.05, 0.1) is 0 Å². The molecule has 0 saturated carbocycles. The van der Waals surface area contributed by atoms with Crippen LogP contribution in [0.15, 0.2) is 0 Å². The molecular weight excluding hydrogens is 106 g/mol. The molecule has 32 valence electrons. The minimum Gasteiger partial charge on any atom is -0.343 e. The van der Waals surface area contributed by atoms with Crippen LogP contribution in [-0.2, 0) is 0 Å². The van der Waals surface area contributed by atoms with Crippen LogP contribution in [0.4, 0.5) is 0 Å². The SMILES string of the molecule is [CH2-]CCC[CH2-].[Na+].[Na+]. The Balaban J connectivity index is -0.0000000800. The van der Waals surface area contributed by atoms with Crippen LogP contribution in [0.5, 0.6) is 0 Å².